The van der Waals surface area contributed by atoms with Crippen LogP contribution in [-0.2, 0) is 4.79 Å². The van der Waals surface area contributed by atoms with Crippen molar-refractivity contribution < 1.29 is 14.3 Å². The smallest absolute Gasteiger partial charge is 0.325 e. The number of hydrogen-bond acceptors (Lipinski definition) is 3. The van der Waals surface area contributed by atoms with Crippen molar-refractivity contribution >= 4 is 21.9 Å². The molecule has 0 N–H and O–H groups in total. The van der Waals surface area contributed by atoms with E-state index >= 15 is 0 Å². The SMILES string of the molecule is CCCCCCCCCCCCCCOc1ccc(-c2ccc(OC(=O)C(Br)C(C)CC)cc2)cc1. The average Bonchev–Trinajstić information content (AvgIpc) is 2.91. The van der Waals surface area contributed by atoms with Crippen molar-refractivity contribution in [3.63, 3.8) is 0 Å². The van der Waals surface area contributed by atoms with Crippen LogP contribution in [0.2, 0.25) is 0 Å². The van der Waals surface area contributed by atoms with Crippen molar-refractivity contribution in [2.24, 2.45) is 5.92 Å². The monoisotopic (exact) mass is 558 g/mol. The van der Waals surface area contributed by atoms with Crippen LogP contribution in [0, 0.1) is 5.92 Å². The second-order valence-electron chi connectivity index (χ2n) is 9.99. The number of carbonyl (C=O) groups excluding carboxylic acids is 1. The Morgan fingerprint density at radius 2 is 1.14 bits per heavy atom. The van der Waals surface area contributed by atoms with Crippen molar-refractivity contribution in [1.29, 1.82) is 0 Å². The van der Waals surface area contributed by atoms with Gasteiger partial charge < -0.3 is 9.47 Å². The molecule has 0 saturated heterocycles. The molecule has 0 aliphatic rings. The van der Waals surface area contributed by atoms with Gasteiger partial charge in [0.25, 0.3) is 0 Å². The maximum atomic E-state index is 12.3. The van der Waals surface area contributed by atoms with E-state index in [-0.39, 0.29) is 16.7 Å². The number of ether oxygens (including phenoxy) is 2. The zero-order chi connectivity index (χ0) is 26.0. The summed E-state index contributed by atoms with van der Waals surface area (Å²) in [4.78, 5) is 12.0. The first-order valence-corrected chi connectivity index (χ1v) is 15.2. The maximum absolute atomic E-state index is 12.3. The lowest BCUT2D eigenvalue weighted by Gasteiger charge is -2.15. The fourth-order valence-electron chi connectivity index (χ4n) is 4.20. The van der Waals surface area contributed by atoms with Crippen LogP contribution < -0.4 is 9.47 Å². The minimum Gasteiger partial charge on any atom is -0.494 e. The summed E-state index contributed by atoms with van der Waals surface area (Å²) in [6.07, 6.45) is 17.2. The van der Waals surface area contributed by atoms with Gasteiger partial charge in [-0.25, -0.2) is 0 Å². The van der Waals surface area contributed by atoms with E-state index in [1.165, 1.54) is 70.6 Å². The molecule has 0 aliphatic carbocycles. The number of benzene rings is 2. The molecule has 0 aliphatic heterocycles. The first-order valence-electron chi connectivity index (χ1n) is 14.2. The van der Waals surface area contributed by atoms with Crippen LogP contribution in [0.25, 0.3) is 11.1 Å². The van der Waals surface area contributed by atoms with Crippen LogP contribution in [0.15, 0.2) is 48.5 Å². The molecule has 3 nitrogen and oxygen atoms in total. The quantitative estimate of drug-likeness (QED) is 0.0743. The molecule has 4 heteroatoms. The summed E-state index contributed by atoms with van der Waals surface area (Å²) in [5.74, 6) is 1.48. The number of alkyl halides is 1. The van der Waals surface area contributed by atoms with Gasteiger partial charge in [-0.1, -0.05) is 138 Å². The van der Waals surface area contributed by atoms with Crippen LogP contribution in [0.3, 0.4) is 0 Å². The van der Waals surface area contributed by atoms with E-state index in [0.717, 1.165) is 36.3 Å². The van der Waals surface area contributed by atoms with Crippen LogP contribution >= 0.6 is 15.9 Å². The molecule has 2 aromatic carbocycles. The van der Waals surface area contributed by atoms with Gasteiger partial charge in [0.1, 0.15) is 16.3 Å². The Labute approximate surface area is 228 Å². The summed E-state index contributed by atoms with van der Waals surface area (Å²) in [5, 5.41) is 0. The molecule has 0 saturated carbocycles. The lowest BCUT2D eigenvalue weighted by molar-refractivity contribution is -0.134. The molecule has 0 spiro atoms. The van der Waals surface area contributed by atoms with Crippen LogP contribution in [0.5, 0.6) is 11.5 Å². The largest absolute Gasteiger partial charge is 0.494 e. The van der Waals surface area contributed by atoms with Gasteiger partial charge in [-0.2, -0.15) is 0 Å². The predicted molar refractivity (Wildman–Crippen MR) is 156 cm³/mol. The Morgan fingerprint density at radius 3 is 1.61 bits per heavy atom. The Kier molecular flexibility index (Phi) is 15.6. The molecule has 2 unspecified atom stereocenters. The molecule has 2 rings (SSSR count). The zero-order valence-electron chi connectivity index (χ0n) is 22.8. The molecule has 0 radical (unpaired) electrons. The Hall–Kier alpha value is -1.81. The number of carbonyl (C=O) groups is 1. The van der Waals surface area contributed by atoms with Gasteiger partial charge in [-0.15, -0.1) is 0 Å². The number of halogens is 1. The Morgan fingerprint density at radius 1 is 0.694 bits per heavy atom. The van der Waals surface area contributed by atoms with Gasteiger partial charge in [0.2, 0.25) is 0 Å². The van der Waals surface area contributed by atoms with Crippen LogP contribution in [-0.4, -0.2) is 17.4 Å². The summed E-state index contributed by atoms with van der Waals surface area (Å²) >= 11 is 3.45. The topological polar surface area (TPSA) is 35.5 Å². The number of rotatable bonds is 19. The van der Waals surface area contributed by atoms with E-state index in [1.807, 2.05) is 43.3 Å². The van der Waals surface area contributed by atoms with E-state index in [0.29, 0.717) is 5.75 Å². The molecular formula is C32H47BrO3. The van der Waals surface area contributed by atoms with E-state index in [4.69, 9.17) is 9.47 Å². The van der Waals surface area contributed by atoms with Gasteiger partial charge in [0.05, 0.1) is 6.61 Å². The number of hydrogen-bond donors (Lipinski definition) is 0. The summed E-state index contributed by atoms with van der Waals surface area (Å²) in [6.45, 7) is 7.16. The molecule has 2 aromatic rings. The van der Waals surface area contributed by atoms with Crippen molar-refractivity contribution in [2.75, 3.05) is 6.61 Å². The maximum Gasteiger partial charge on any atom is 0.325 e. The molecule has 0 fully saturated rings. The summed E-state index contributed by atoms with van der Waals surface area (Å²) < 4.78 is 11.5. The third-order valence-corrected chi connectivity index (χ3v) is 8.17. The van der Waals surface area contributed by atoms with E-state index in [9.17, 15) is 4.79 Å². The highest BCUT2D eigenvalue weighted by Gasteiger charge is 2.22. The summed E-state index contributed by atoms with van der Waals surface area (Å²) in [7, 11) is 0. The molecule has 200 valence electrons. The lowest BCUT2D eigenvalue weighted by atomic mass is 10.0. The molecule has 2 atom stereocenters. The lowest BCUT2D eigenvalue weighted by Crippen LogP contribution is -2.26. The standard InChI is InChI=1S/C32H47BrO3/c1-4-6-7-8-9-10-11-12-13-14-15-16-25-35-29-21-17-27(18-22-29)28-19-23-30(24-20-28)36-32(34)31(33)26(3)5-2/h17-24,26,31H,4-16,25H2,1-3H3. The third kappa shape index (κ3) is 12.0. The van der Waals surface area contributed by atoms with E-state index in [2.05, 4.69) is 41.9 Å². The van der Waals surface area contributed by atoms with Crippen molar-refractivity contribution in [3.05, 3.63) is 48.5 Å². The van der Waals surface area contributed by atoms with Gasteiger partial charge >= 0.3 is 5.97 Å². The Balaban J connectivity index is 1.60. The first kappa shape index (κ1) is 30.4. The molecule has 36 heavy (non-hydrogen) atoms. The number of esters is 1. The highest BCUT2D eigenvalue weighted by molar-refractivity contribution is 9.10. The first-order chi connectivity index (χ1) is 17.5. The average molecular weight is 560 g/mol. The minimum absolute atomic E-state index is 0.234. The van der Waals surface area contributed by atoms with Gasteiger partial charge in [0.15, 0.2) is 0 Å². The zero-order valence-corrected chi connectivity index (χ0v) is 24.4. The molecule has 0 amide bonds. The van der Waals surface area contributed by atoms with E-state index < -0.39 is 0 Å². The fourth-order valence-corrected chi connectivity index (χ4v) is 4.67. The highest BCUT2D eigenvalue weighted by atomic mass is 79.9. The van der Waals surface area contributed by atoms with Gasteiger partial charge in [-0.05, 0) is 47.7 Å². The molecular weight excluding hydrogens is 512 g/mol. The molecule has 0 bridgehead atoms. The van der Waals surface area contributed by atoms with Crippen molar-refractivity contribution in [1.82, 2.24) is 0 Å². The van der Waals surface area contributed by atoms with Crippen molar-refractivity contribution in [2.45, 2.75) is 109 Å². The third-order valence-electron chi connectivity index (χ3n) is 6.90. The van der Waals surface area contributed by atoms with Crippen molar-refractivity contribution in [3.8, 4) is 22.6 Å². The number of unbranched alkanes of at least 4 members (excludes halogenated alkanes) is 11. The predicted octanol–water partition coefficient (Wildman–Crippen LogP) is 10.1. The summed E-state index contributed by atoms with van der Waals surface area (Å²) in [5.41, 5.74) is 2.20. The van der Waals surface area contributed by atoms with Crippen LogP contribution in [0.1, 0.15) is 104 Å². The highest BCUT2D eigenvalue weighted by Crippen LogP contribution is 2.26. The summed E-state index contributed by atoms with van der Waals surface area (Å²) in [6, 6.07) is 15.9. The Bertz CT molecular complexity index is 831. The van der Waals surface area contributed by atoms with Crippen LogP contribution in [0.4, 0.5) is 0 Å². The van der Waals surface area contributed by atoms with Gasteiger partial charge in [-0.3, -0.25) is 4.79 Å². The fraction of sp³-hybridized carbons (Fsp3) is 0.594. The minimum atomic E-state index is -0.287. The normalized spacial score (nSPS) is 12.8. The molecule has 0 aromatic heterocycles. The van der Waals surface area contributed by atoms with E-state index in [1.54, 1.807) is 0 Å². The second-order valence-corrected chi connectivity index (χ2v) is 11.0. The second kappa shape index (κ2) is 18.4. The molecule has 0 heterocycles. The van der Waals surface area contributed by atoms with Gasteiger partial charge in [0, 0.05) is 0 Å².